The van der Waals surface area contributed by atoms with E-state index in [1.807, 2.05) is 6.92 Å². The molecule has 2 aromatic carbocycles. The molecule has 1 aliphatic rings. The van der Waals surface area contributed by atoms with Crippen molar-refractivity contribution in [3.8, 4) is 5.75 Å². The summed E-state index contributed by atoms with van der Waals surface area (Å²) in [6.07, 6.45) is -0.0448. The van der Waals surface area contributed by atoms with Gasteiger partial charge in [0.2, 0.25) is 11.8 Å². The Morgan fingerprint density at radius 1 is 1.19 bits per heavy atom. The van der Waals surface area contributed by atoms with E-state index in [1.165, 1.54) is 9.80 Å². The lowest BCUT2D eigenvalue weighted by Gasteiger charge is -2.34. The molecule has 1 atom stereocenters. The maximum atomic E-state index is 13.0. The summed E-state index contributed by atoms with van der Waals surface area (Å²) in [6.45, 7) is 3.55. The maximum absolute atomic E-state index is 13.0. The molecular weight excluding hydrogens is 441 g/mol. The number of ether oxygens (including phenoxy) is 1. The Hall–Kier alpha value is -2.77. The highest BCUT2D eigenvalue weighted by Crippen LogP contribution is 2.33. The van der Waals surface area contributed by atoms with Gasteiger partial charge in [0.25, 0.3) is 5.91 Å². The van der Waals surface area contributed by atoms with Crippen LogP contribution >= 0.6 is 23.2 Å². The van der Waals surface area contributed by atoms with Crippen LogP contribution in [-0.4, -0.2) is 48.4 Å². The third-order valence-electron chi connectivity index (χ3n) is 4.75. The molecule has 0 saturated carbocycles. The topological polar surface area (TPSA) is 79.0 Å². The summed E-state index contributed by atoms with van der Waals surface area (Å²) in [7, 11) is 0. The van der Waals surface area contributed by atoms with E-state index in [-0.39, 0.29) is 24.9 Å². The van der Waals surface area contributed by atoms with E-state index in [1.54, 1.807) is 49.4 Å². The molecule has 0 radical (unpaired) electrons. The van der Waals surface area contributed by atoms with Gasteiger partial charge in [-0.2, -0.15) is 0 Å². The number of amides is 3. The van der Waals surface area contributed by atoms with E-state index in [2.05, 4.69) is 5.32 Å². The molecule has 0 aliphatic carbocycles. The number of carbonyl (C=O) groups excluding carboxylic acids is 3. The van der Waals surface area contributed by atoms with Crippen LogP contribution in [0.3, 0.4) is 0 Å². The molecule has 31 heavy (non-hydrogen) atoms. The van der Waals surface area contributed by atoms with Gasteiger partial charge in [0.15, 0.2) is 6.10 Å². The molecule has 2 aromatic rings. The van der Waals surface area contributed by atoms with Gasteiger partial charge in [0.1, 0.15) is 12.3 Å². The number of rotatable bonds is 7. The van der Waals surface area contributed by atoms with Crippen LogP contribution in [-0.2, 0) is 14.4 Å². The van der Waals surface area contributed by atoms with Crippen molar-refractivity contribution in [3.63, 3.8) is 0 Å². The van der Waals surface area contributed by atoms with Crippen LogP contribution in [0.5, 0.6) is 5.75 Å². The van der Waals surface area contributed by atoms with Gasteiger partial charge < -0.3 is 15.0 Å². The first-order valence-corrected chi connectivity index (χ1v) is 10.7. The molecule has 1 aliphatic heterocycles. The fourth-order valence-electron chi connectivity index (χ4n) is 3.28. The zero-order valence-electron chi connectivity index (χ0n) is 17.2. The lowest BCUT2D eigenvalue weighted by molar-refractivity contribution is -0.135. The number of halogens is 2. The summed E-state index contributed by atoms with van der Waals surface area (Å²) in [5.41, 5.74) is 0.903. The van der Waals surface area contributed by atoms with Crippen LogP contribution in [0.2, 0.25) is 10.0 Å². The highest BCUT2D eigenvalue weighted by molar-refractivity contribution is 6.35. The van der Waals surface area contributed by atoms with Gasteiger partial charge in [-0.25, -0.2) is 0 Å². The van der Waals surface area contributed by atoms with Gasteiger partial charge in [0.05, 0.1) is 22.9 Å². The van der Waals surface area contributed by atoms with E-state index in [9.17, 15) is 14.4 Å². The van der Waals surface area contributed by atoms with E-state index in [4.69, 9.17) is 27.9 Å². The molecule has 1 N–H and O–H groups in total. The standard InChI is InChI=1S/C22H23Cl2N3O4/c1-3-10-26(12-20(28)25-17-11-15(23)8-9-16(17)24)21(29)13-27-18-6-4-5-7-19(18)31-14(2)22(27)30/h4-9,11,14H,3,10,12-13H2,1-2H3,(H,25,28)/t14-/m0/s1. The summed E-state index contributed by atoms with van der Waals surface area (Å²) < 4.78 is 5.61. The van der Waals surface area contributed by atoms with Crippen LogP contribution in [0.1, 0.15) is 20.3 Å². The first kappa shape index (κ1) is 22.9. The number of anilines is 2. The molecule has 1 heterocycles. The predicted octanol–water partition coefficient (Wildman–Crippen LogP) is 3.98. The summed E-state index contributed by atoms with van der Waals surface area (Å²) >= 11 is 12.1. The van der Waals surface area contributed by atoms with Gasteiger partial charge in [-0.15, -0.1) is 0 Å². The molecule has 3 amide bonds. The van der Waals surface area contributed by atoms with Gasteiger partial charge >= 0.3 is 0 Å². The van der Waals surface area contributed by atoms with Crippen LogP contribution in [0.15, 0.2) is 42.5 Å². The highest BCUT2D eigenvalue weighted by atomic mass is 35.5. The molecular formula is C22H23Cl2N3O4. The summed E-state index contributed by atoms with van der Waals surface area (Å²) in [4.78, 5) is 41.1. The predicted molar refractivity (Wildman–Crippen MR) is 121 cm³/mol. The third kappa shape index (κ3) is 5.48. The molecule has 9 heteroatoms. The maximum Gasteiger partial charge on any atom is 0.268 e. The summed E-state index contributed by atoms with van der Waals surface area (Å²) in [5.74, 6) is -0.518. The lowest BCUT2D eigenvalue weighted by atomic mass is 10.2. The van der Waals surface area contributed by atoms with Crippen LogP contribution in [0.25, 0.3) is 0 Å². The zero-order chi connectivity index (χ0) is 22.5. The Balaban J connectivity index is 1.72. The Morgan fingerprint density at radius 3 is 2.68 bits per heavy atom. The van der Waals surface area contributed by atoms with Crippen LogP contribution in [0.4, 0.5) is 11.4 Å². The minimum atomic E-state index is -0.699. The molecule has 0 unspecified atom stereocenters. The number of carbonyl (C=O) groups is 3. The normalized spacial score (nSPS) is 15.2. The quantitative estimate of drug-likeness (QED) is 0.673. The Labute approximate surface area is 190 Å². The monoisotopic (exact) mass is 463 g/mol. The second-order valence-corrected chi connectivity index (χ2v) is 7.98. The van der Waals surface area contributed by atoms with Crippen molar-refractivity contribution in [2.24, 2.45) is 0 Å². The number of nitrogens with one attached hydrogen (secondary N) is 1. The molecule has 7 nitrogen and oxygen atoms in total. The largest absolute Gasteiger partial charge is 0.479 e. The van der Waals surface area contributed by atoms with Gasteiger partial charge in [0, 0.05) is 11.6 Å². The second-order valence-electron chi connectivity index (χ2n) is 7.14. The first-order chi connectivity index (χ1) is 14.8. The fraction of sp³-hybridized carbons (Fsp3) is 0.318. The van der Waals surface area contributed by atoms with Crippen molar-refractivity contribution in [1.29, 1.82) is 0 Å². The van der Waals surface area contributed by atoms with Crippen molar-refractivity contribution < 1.29 is 19.1 Å². The lowest BCUT2D eigenvalue weighted by Crippen LogP contribution is -2.50. The smallest absolute Gasteiger partial charge is 0.268 e. The number of fused-ring (bicyclic) bond motifs is 1. The zero-order valence-corrected chi connectivity index (χ0v) is 18.7. The van der Waals surface area contributed by atoms with Crippen molar-refractivity contribution in [1.82, 2.24) is 4.90 Å². The molecule has 0 bridgehead atoms. The number of hydrogen-bond acceptors (Lipinski definition) is 4. The second kappa shape index (κ2) is 10.0. The van der Waals surface area contributed by atoms with Gasteiger partial charge in [-0.1, -0.05) is 42.3 Å². The molecule has 0 saturated heterocycles. The summed E-state index contributed by atoms with van der Waals surface area (Å²) in [5, 5.41) is 3.45. The van der Waals surface area contributed by atoms with Crippen molar-refractivity contribution in [2.75, 3.05) is 29.9 Å². The fourth-order valence-corrected chi connectivity index (χ4v) is 3.61. The first-order valence-electron chi connectivity index (χ1n) is 9.90. The van der Waals surface area contributed by atoms with Gasteiger partial charge in [-0.3, -0.25) is 19.3 Å². The molecule has 0 aromatic heterocycles. The Bertz CT molecular complexity index is 998. The third-order valence-corrected chi connectivity index (χ3v) is 5.31. The number of para-hydroxylation sites is 2. The van der Waals surface area contributed by atoms with E-state index in [0.29, 0.717) is 40.1 Å². The average Bonchev–Trinajstić information content (AvgIpc) is 2.73. The van der Waals surface area contributed by atoms with Crippen molar-refractivity contribution >= 4 is 52.3 Å². The number of nitrogens with zero attached hydrogens (tertiary/aromatic N) is 2. The minimum Gasteiger partial charge on any atom is -0.479 e. The molecule has 0 fully saturated rings. The van der Waals surface area contributed by atoms with E-state index < -0.39 is 12.0 Å². The summed E-state index contributed by atoms with van der Waals surface area (Å²) in [6, 6.07) is 11.8. The number of benzene rings is 2. The minimum absolute atomic E-state index is 0.175. The van der Waals surface area contributed by atoms with Crippen molar-refractivity contribution in [3.05, 3.63) is 52.5 Å². The van der Waals surface area contributed by atoms with Gasteiger partial charge in [-0.05, 0) is 43.7 Å². The van der Waals surface area contributed by atoms with Crippen LogP contribution in [0, 0.1) is 0 Å². The average molecular weight is 464 g/mol. The Morgan fingerprint density at radius 2 is 1.94 bits per heavy atom. The Kier molecular flexibility index (Phi) is 7.41. The van der Waals surface area contributed by atoms with Crippen molar-refractivity contribution in [2.45, 2.75) is 26.4 Å². The SMILES string of the molecule is CCCN(CC(=O)Nc1cc(Cl)ccc1Cl)C(=O)CN1C(=O)[C@H](C)Oc2ccccc21. The highest BCUT2D eigenvalue weighted by Gasteiger charge is 2.33. The molecule has 0 spiro atoms. The molecule has 164 valence electrons. The van der Waals surface area contributed by atoms with E-state index >= 15 is 0 Å². The molecule has 3 rings (SSSR count). The number of hydrogen-bond donors (Lipinski definition) is 1. The van der Waals surface area contributed by atoms with E-state index in [0.717, 1.165) is 0 Å². The van der Waals surface area contributed by atoms with Crippen LogP contribution < -0.4 is 15.0 Å².